The zero-order valence-corrected chi connectivity index (χ0v) is 33.6. The number of carbonyl (C=O) groups excluding carboxylic acids is 3. The van der Waals surface area contributed by atoms with Crippen LogP contribution in [-0.2, 0) is 19.1 Å². The average Bonchev–Trinajstić information content (AvgIpc) is 4.02. The average molecular weight is 769 g/mol. The Balaban J connectivity index is 1.12. The van der Waals surface area contributed by atoms with E-state index in [2.05, 4.69) is 83.0 Å². The lowest BCUT2D eigenvalue weighted by Gasteiger charge is -2.31. The number of alkyl carbamates (subject to hydrolysis) is 1. The van der Waals surface area contributed by atoms with E-state index in [9.17, 15) is 19.5 Å². The van der Waals surface area contributed by atoms with Crippen molar-refractivity contribution in [2.24, 2.45) is 23.7 Å². The number of ether oxygens (including phenoxy) is 2. The number of aromatic amines is 2. The highest BCUT2D eigenvalue weighted by Crippen LogP contribution is 2.38. The Hall–Kier alpha value is -5.05. The molecular formula is C42H56N8O6. The molecule has 0 spiro atoms. The zero-order valence-electron chi connectivity index (χ0n) is 33.6. The second kappa shape index (κ2) is 17.4. The Morgan fingerprint density at radius 3 is 1.52 bits per heavy atom. The minimum absolute atomic E-state index is 0.0532. The van der Waals surface area contributed by atoms with Crippen LogP contribution in [0.1, 0.15) is 78.1 Å². The Labute approximate surface area is 328 Å². The predicted molar refractivity (Wildman–Crippen MR) is 212 cm³/mol. The third-order valence-corrected chi connectivity index (χ3v) is 11.0. The highest BCUT2D eigenvalue weighted by Gasteiger charge is 2.41. The van der Waals surface area contributed by atoms with Crippen molar-refractivity contribution >= 4 is 17.9 Å². The van der Waals surface area contributed by atoms with Crippen LogP contribution in [-0.4, -0.2) is 98.6 Å². The van der Waals surface area contributed by atoms with E-state index in [0.29, 0.717) is 19.0 Å². The number of nitrogens with one attached hydrogen (secondary N) is 4. The number of aliphatic hydroxyl groups is 1. The molecule has 2 fully saturated rings. The third-order valence-electron chi connectivity index (χ3n) is 11.0. The number of hydrogen-bond acceptors (Lipinski definition) is 9. The van der Waals surface area contributed by atoms with E-state index in [0.717, 1.165) is 58.1 Å². The van der Waals surface area contributed by atoms with E-state index in [4.69, 9.17) is 19.4 Å². The summed E-state index contributed by atoms with van der Waals surface area (Å²) in [4.78, 5) is 59.5. The molecule has 2 saturated heterocycles. The van der Waals surface area contributed by atoms with Crippen molar-refractivity contribution in [2.45, 2.75) is 85.0 Å². The molecule has 5 N–H and O–H groups in total. The Kier molecular flexibility index (Phi) is 12.6. The monoisotopic (exact) mass is 768 g/mol. The number of aromatic nitrogens is 4. The van der Waals surface area contributed by atoms with Crippen molar-refractivity contribution in [2.75, 3.05) is 27.3 Å². The summed E-state index contributed by atoms with van der Waals surface area (Å²) >= 11 is 0. The third kappa shape index (κ3) is 8.82. The van der Waals surface area contributed by atoms with Gasteiger partial charge in [0.15, 0.2) is 0 Å². The van der Waals surface area contributed by atoms with Gasteiger partial charge in [0.05, 0.1) is 49.0 Å². The van der Waals surface area contributed by atoms with E-state index in [1.807, 2.05) is 49.9 Å². The molecule has 7 atom stereocenters. The number of amides is 3. The number of H-pyrrole nitrogens is 2. The number of rotatable bonds is 13. The normalized spacial score (nSPS) is 21.4. The molecule has 4 aromatic rings. The number of carbonyl (C=O) groups is 3. The molecule has 14 heteroatoms. The second-order valence-corrected chi connectivity index (χ2v) is 16.0. The summed E-state index contributed by atoms with van der Waals surface area (Å²) in [6.45, 7) is 13.1. The van der Waals surface area contributed by atoms with E-state index in [1.54, 1.807) is 0 Å². The lowest BCUT2D eigenvalue weighted by molar-refractivity contribution is -0.145. The van der Waals surface area contributed by atoms with Crippen LogP contribution in [0.3, 0.4) is 0 Å². The molecule has 2 aliphatic heterocycles. The van der Waals surface area contributed by atoms with Gasteiger partial charge in [0.25, 0.3) is 0 Å². The number of likely N-dealkylation sites (tertiary alicyclic amines) is 2. The van der Waals surface area contributed by atoms with Gasteiger partial charge < -0.3 is 39.7 Å². The molecule has 1 unspecified atom stereocenters. The minimum atomic E-state index is -1.23. The van der Waals surface area contributed by atoms with Gasteiger partial charge in [0.2, 0.25) is 18.2 Å². The second-order valence-electron chi connectivity index (χ2n) is 16.0. The molecule has 14 nitrogen and oxygen atoms in total. The quantitative estimate of drug-likeness (QED) is 0.104. The maximum Gasteiger partial charge on any atom is 0.407 e. The van der Waals surface area contributed by atoms with Crippen molar-refractivity contribution in [3.05, 3.63) is 72.6 Å². The number of hydrogen-bond donors (Lipinski definition) is 5. The summed E-state index contributed by atoms with van der Waals surface area (Å²) in [6, 6.07) is 14.8. The number of imidazole rings is 2. The Bertz CT molecular complexity index is 1960. The van der Waals surface area contributed by atoms with Crippen LogP contribution in [0.25, 0.3) is 33.6 Å². The molecule has 0 aliphatic carbocycles. The van der Waals surface area contributed by atoms with Crippen LogP contribution in [0.2, 0.25) is 0 Å². The fourth-order valence-electron chi connectivity index (χ4n) is 7.91. The lowest BCUT2D eigenvalue weighted by atomic mass is 10.0. The van der Waals surface area contributed by atoms with E-state index < -0.39 is 24.6 Å². The summed E-state index contributed by atoms with van der Waals surface area (Å²) in [7, 11) is 2.68. The number of nitrogens with zero attached hydrogens (tertiary/aromatic N) is 4. The summed E-state index contributed by atoms with van der Waals surface area (Å²) in [5.74, 6) is 1.66. The molecule has 2 aromatic heterocycles. The zero-order chi connectivity index (χ0) is 40.3. The van der Waals surface area contributed by atoms with E-state index >= 15 is 0 Å². The van der Waals surface area contributed by atoms with Crippen LogP contribution < -0.4 is 10.6 Å². The fraction of sp³-hybridized carbons (Fsp3) is 0.500. The van der Waals surface area contributed by atoms with Gasteiger partial charge in [0, 0.05) is 20.2 Å². The molecule has 0 saturated carbocycles. The van der Waals surface area contributed by atoms with Crippen molar-refractivity contribution in [1.82, 2.24) is 40.4 Å². The Morgan fingerprint density at radius 2 is 1.12 bits per heavy atom. The lowest BCUT2D eigenvalue weighted by Crippen LogP contribution is -2.53. The van der Waals surface area contributed by atoms with Gasteiger partial charge in [0.1, 0.15) is 17.7 Å². The van der Waals surface area contributed by atoms with Crippen LogP contribution in [0.5, 0.6) is 0 Å². The highest BCUT2D eigenvalue weighted by molar-refractivity contribution is 5.86. The van der Waals surface area contributed by atoms with E-state index in [-0.39, 0.29) is 41.7 Å². The van der Waals surface area contributed by atoms with Gasteiger partial charge in [-0.3, -0.25) is 14.9 Å². The van der Waals surface area contributed by atoms with Crippen molar-refractivity contribution < 1.29 is 29.0 Å². The minimum Gasteiger partial charge on any atom is -0.453 e. The molecule has 56 heavy (non-hydrogen) atoms. The fourth-order valence-corrected chi connectivity index (χ4v) is 7.91. The maximum absolute atomic E-state index is 13.7. The van der Waals surface area contributed by atoms with Gasteiger partial charge in [-0.2, -0.15) is 0 Å². The van der Waals surface area contributed by atoms with Gasteiger partial charge in [-0.05, 0) is 58.8 Å². The molecule has 0 radical (unpaired) electrons. The van der Waals surface area contributed by atoms with Crippen LogP contribution in [0.4, 0.5) is 4.79 Å². The van der Waals surface area contributed by atoms with Gasteiger partial charge in [-0.25, -0.2) is 14.8 Å². The van der Waals surface area contributed by atoms with E-state index in [1.165, 1.54) is 14.2 Å². The first-order valence-electron chi connectivity index (χ1n) is 19.5. The first-order valence-corrected chi connectivity index (χ1v) is 19.5. The van der Waals surface area contributed by atoms with Crippen LogP contribution in [0, 0.1) is 23.7 Å². The summed E-state index contributed by atoms with van der Waals surface area (Å²) < 4.78 is 9.74. The first kappa shape index (κ1) is 40.6. The summed E-state index contributed by atoms with van der Waals surface area (Å²) in [5, 5.41) is 15.7. The first-order chi connectivity index (χ1) is 26.8. The summed E-state index contributed by atoms with van der Waals surface area (Å²) in [5.41, 5.74) is 5.81. The molecule has 2 aromatic carbocycles. The molecule has 300 valence electrons. The topological polar surface area (TPSA) is 178 Å². The molecule has 4 heterocycles. The van der Waals surface area contributed by atoms with Crippen molar-refractivity contribution in [1.29, 1.82) is 0 Å². The molecule has 0 bridgehead atoms. The predicted octanol–water partition coefficient (Wildman–Crippen LogP) is 5.87. The molecule has 6 rings (SSSR count). The van der Waals surface area contributed by atoms with Crippen molar-refractivity contribution in [3.63, 3.8) is 0 Å². The van der Waals surface area contributed by atoms with Crippen LogP contribution in [0.15, 0.2) is 60.9 Å². The highest BCUT2D eigenvalue weighted by atomic mass is 16.6. The SMILES string of the molecule is COC(=O)N[C@H](C(=O)N1C[C@@H](C)C[C@H]1c1ncc(-c2ccc(-c3ccc(-c4cnc([C@@H]5C[C@H](C)CN5C(=O)[C@@H](NC(O)OC)C(C)C)[nH]4)cc3)cc2)[nH]1)C(C)C. The number of methoxy groups -OCH3 is 2. The van der Waals surface area contributed by atoms with Crippen molar-refractivity contribution in [3.8, 4) is 33.6 Å². The standard InChI is InChI=1S/C42H56N8O6/c1-23(2)35(47-41(53)55-7)39(51)49-21-25(5)17-33(49)37-43-19-31(45-37)29-13-9-27(10-14-29)28-11-15-30(16-12-28)32-20-44-38(46-32)34-18-26(6)22-50(34)40(52)36(24(3)4)48-42(54)56-8/h9-16,19-20,23-26,33-36,41,47,53H,17-18,21-22H2,1-8H3,(H,43,45)(H,44,46)(H,48,54)/t25-,26-,33-,34-,35-,36-,41?/m0/s1. The maximum atomic E-state index is 13.7. The molecular weight excluding hydrogens is 713 g/mol. The molecule has 3 amide bonds. The van der Waals surface area contributed by atoms with Gasteiger partial charge in [-0.1, -0.05) is 90.1 Å². The smallest absolute Gasteiger partial charge is 0.407 e. The largest absolute Gasteiger partial charge is 0.453 e. The molecule has 2 aliphatic rings. The number of aliphatic hydroxyl groups excluding tert-OH is 1. The van der Waals surface area contributed by atoms with Crippen LogP contribution >= 0.6 is 0 Å². The Morgan fingerprint density at radius 1 is 0.714 bits per heavy atom. The van der Waals surface area contributed by atoms with Gasteiger partial charge >= 0.3 is 6.09 Å². The van der Waals surface area contributed by atoms with Gasteiger partial charge in [-0.15, -0.1) is 0 Å². The summed E-state index contributed by atoms with van der Waals surface area (Å²) in [6.07, 6.45) is 3.33. The number of benzene rings is 2.